The lowest BCUT2D eigenvalue weighted by Gasteiger charge is -2.17. The number of aryl methyl sites for hydroxylation is 1. The third-order valence-electron chi connectivity index (χ3n) is 3.60. The van der Waals surface area contributed by atoms with E-state index in [-0.39, 0.29) is 5.91 Å². The van der Waals surface area contributed by atoms with Crippen LogP contribution in [0.2, 0.25) is 0 Å². The first-order valence-corrected chi connectivity index (χ1v) is 7.66. The van der Waals surface area contributed by atoms with Crippen molar-refractivity contribution in [1.82, 2.24) is 4.98 Å². The fourth-order valence-corrected chi connectivity index (χ4v) is 2.35. The number of nitrogens with one attached hydrogen (secondary N) is 1. The van der Waals surface area contributed by atoms with Gasteiger partial charge in [0.15, 0.2) is 6.10 Å². The summed E-state index contributed by atoms with van der Waals surface area (Å²) < 4.78 is 5.73. The van der Waals surface area contributed by atoms with Gasteiger partial charge < -0.3 is 15.8 Å². The van der Waals surface area contributed by atoms with Crippen LogP contribution in [0.4, 0.5) is 11.5 Å². The zero-order chi connectivity index (χ0) is 17.0. The molecule has 5 heteroatoms. The smallest absolute Gasteiger partial charge is 0.265 e. The van der Waals surface area contributed by atoms with Crippen molar-refractivity contribution in [3.05, 3.63) is 47.7 Å². The van der Waals surface area contributed by atoms with Crippen LogP contribution in [0, 0.1) is 6.92 Å². The number of benzene rings is 1. The number of carbonyl (C=O) groups is 1. The van der Waals surface area contributed by atoms with E-state index in [2.05, 4.69) is 24.1 Å². The van der Waals surface area contributed by atoms with Crippen LogP contribution in [0.1, 0.15) is 37.8 Å². The first-order valence-electron chi connectivity index (χ1n) is 7.66. The maximum atomic E-state index is 12.2. The van der Waals surface area contributed by atoms with E-state index in [0.29, 0.717) is 23.2 Å². The van der Waals surface area contributed by atoms with Gasteiger partial charge in [0.2, 0.25) is 0 Å². The van der Waals surface area contributed by atoms with Gasteiger partial charge in [0.05, 0.1) is 11.9 Å². The van der Waals surface area contributed by atoms with Gasteiger partial charge in [0, 0.05) is 0 Å². The highest BCUT2D eigenvalue weighted by Gasteiger charge is 2.15. The van der Waals surface area contributed by atoms with E-state index in [4.69, 9.17) is 10.5 Å². The van der Waals surface area contributed by atoms with Crippen LogP contribution in [0.25, 0.3) is 0 Å². The third kappa shape index (κ3) is 4.45. The molecule has 0 bridgehead atoms. The van der Waals surface area contributed by atoms with Gasteiger partial charge in [-0.05, 0) is 55.2 Å². The van der Waals surface area contributed by atoms with Gasteiger partial charge in [-0.1, -0.05) is 19.9 Å². The molecule has 1 amide bonds. The Morgan fingerprint density at radius 3 is 2.52 bits per heavy atom. The number of ether oxygens (including phenoxy) is 1. The monoisotopic (exact) mass is 313 g/mol. The van der Waals surface area contributed by atoms with Crippen LogP contribution in [-0.4, -0.2) is 17.0 Å². The van der Waals surface area contributed by atoms with Crippen molar-refractivity contribution in [2.45, 2.75) is 39.7 Å². The first kappa shape index (κ1) is 16.8. The summed E-state index contributed by atoms with van der Waals surface area (Å²) in [6.07, 6.45) is 0.901. The van der Waals surface area contributed by atoms with E-state index >= 15 is 0 Å². The Hall–Kier alpha value is -2.56. The highest BCUT2D eigenvalue weighted by Crippen LogP contribution is 2.24. The fraction of sp³-hybridized carbons (Fsp3) is 0.333. The molecule has 23 heavy (non-hydrogen) atoms. The van der Waals surface area contributed by atoms with Crippen LogP contribution >= 0.6 is 0 Å². The van der Waals surface area contributed by atoms with Crippen LogP contribution in [-0.2, 0) is 4.79 Å². The molecule has 0 spiro atoms. The molecule has 0 radical (unpaired) electrons. The highest BCUT2D eigenvalue weighted by molar-refractivity contribution is 5.94. The predicted octanol–water partition coefficient (Wildman–Crippen LogP) is 3.50. The zero-order valence-electron chi connectivity index (χ0n) is 14.0. The van der Waals surface area contributed by atoms with Crippen molar-refractivity contribution in [2.24, 2.45) is 0 Å². The van der Waals surface area contributed by atoms with Crippen molar-refractivity contribution in [1.29, 1.82) is 0 Å². The number of nitrogen functional groups attached to an aromatic ring is 1. The van der Waals surface area contributed by atoms with Crippen LogP contribution in [0.5, 0.6) is 5.75 Å². The molecule has 0 aliphatic rings. The number of aromatic nitrogens is 1. The lowest BCUT2D eigenvalue weighted by atomic mass is 9.98. The molecule has 122 valence electrons. The lowest BCUT2D eigenvalue weighted by molar-refractivity contribution is -0.122. The van der Waals surface area contributed by atoms with E-state index in [1.54, 1.807) is 19.1 Å². The van der Waals surface area contributed by atoms with Crippen LogP contribution in [0.3, 0.4) is 0 Å². The minimum atomic E-state index is -0.614. The van der Waals surface area contributed by atoms with Crippen molar-refractivity contribution in [3.8, 4) is 5.75 Å². The van der Waals surface area contributed by atoms with Gasteiger partial charge in [-0.3, -0.25) is 4.79 Å². The maximum absolute atomic E-state index is 12.2. The number of amides is 1. The molecule has 1 unspecified atom stereocenters. The maximum Gasteiger partial charge on any atom is 0.265 e. The van der Waals surface area contributed by atoms with Gasteiger partial charge in [-0.25, -0.2) is 4.98 Å². The Bertz CT molecular complexity index is 681. The average molecular weight is 313 g/mol. The number of hydrogen-bond acceptors (Lipinski definition) is 4. The molecule has 1 aromatic carbocycles. The Labute approximate surface area is 136 Å². The average Bonchev–Trinajstić information content (AvgIpc) is 2.49. The molecule has 1 heterocycles. The molecule has 1 aromatic heterocycles. The molecule has 0 aliphatic heterocycles. The second kappa shape index (κ2) is 7.13. The number of rotatable bonds is 5. The van der Waals surface area contributed by atoms with Gasteiger partial charge in [0.1, 0.15) is 11.6 Å². The standard InChI is InChI=1S/C18H23N3O2/c1-11(2)16-7-6-15(9-12(16)3)23-13(4)18(22)21-14-5-8-17(19)20-10-14/h5-11,13H,1-4H3,(H2,19,20)(H,21,22). The Kier molecular flexibility index (Phi) is 5.21. The Morgan fingerprint density at radius 2 is 1.96 bits per heavy atom. The SMILES string of the molecule is Cc1cc(OC(C)C(=O)Nc2ccc(N)nc2)ccc1C(C)C. The van der Waals surface area contributed by atoms with Gasteiger partial charge in [-0.2, -0.15) is 0 Å². The molecule has 2 aromatic rings. The Morgan fingerprint density at radius 1 is 1.22 bits per heavy atom. The molecular weight excluding hydrogens is 290 g/mol. The largest absolute Gasteiger partial charge is 0.481 e. The molecule has 0 fully saturated rings. The number of nitrogens with zero attached hydrogens (tertiary/aromatic N) is 1. The summed E-state index contributed by atoms with van der Waals surface area (Å²) >= 11 is 0. The van der Waals surface area contributed by atoms with Crippen LogP contribution < -0.4 is 15.8 Å². The summed E-state index contributed by atoms with van der Waals surface area (Å²) in [5.41, 5.74) is 8.55. The molecule has 0 aliphatic carbocycles. The van der Waals surface area contributed by atoms with Gasteiger partial charge >= 0.3 is 0 Å². The predicted molar refractivity (Wildman–Crippen MR) is 92.6 cm³/mol. The molecule has 1 atom stereocenters. The van der Waals surface area contributed by atoms with E-state index in [1.165, 1.54) is 11.8 Å². The molecule has 3 N–H and O–H groups in total. The summed E-state index contributed by atoms with van der Waals surface area (Å²) in [5.74, 6) is 1.32. The van der Waals surface area contributed by atoms with Crippen molar-refractivity contribution < 1.29 is 9.53 Å². The molecule has 5 nitrogen and oxygen atoms in total. The summed E-state index contributed by atoms with van der Waals surface area (Å²) in [6, 6.07) is 9.24. The van der Waals surface area contributed by atoms with E-state index < -0.39 is 6.10 Å². The van der Waals surface area contributed by atoms with Gasteiger partial charge in [-0.15, -0.1) is 0 Å². The first-order chi connectivity index (χ1) is 10.9. The highest BCUT2D eigenvalue weighted by atomic mass is 16.5. The van der Waals surface area contributed by atoms with Crippen molar-refractivity contribution in [3.63, 3.8) is 0 Å². The quantitative estimate of drug-likeness (QED) is 0.885. The van der Waals surface area contributed by atoms with Crippen molar-refractivity contribution >= 4 is 17.4 Å². The van der Waals surface area contributed by atoms with E-state index in [9.17, 15) is 4.79 Å². The van der Waals surface area contributed by atoms with Crippen LogP contribution in [0.15, 0.2) is 36.5 Å². The molecular formula is C18H23N3O2. The number of anilines is 2. The lowest BCUT2D eigenvalue weighted by Crippen LogP contribution is -2.30. The summed E-state index contributed by atoms with van der Waals surface area (Å²) in [4.78, 5) is 16.1. The van der Waals surface area contributed by atoms with E-state index in [1.807, 2.05) is 25.1 Å². The van der Waals surface area contributed by atoms with Crippen molar-refractivity contribution in [2.75, 3.05) is 11.1 Å². The number of carbonyl (C=O) groups excluding carboxylic acids is 1. The number of hydrogen-bond donors (Lipinski definition) is 2. The molecule has 0 saturated heterocycles. The summed E-state index contributed by atoms with van der Waals surface area (Å²) in [6.45, 7) is 8.07. The second-order valence-electron chi connectivity index (χ2n) is 5.89. The number of nitrogens with two attached hydrogens (primary N) is 1. The topological polar surface area (TPSA) is 77.2 Å². The Balaban J connectivity index is 2.00. The normalized spacial score (nSPS) is 12.0. The summed E-state index contributed by atoms with van der Waals surface area (Å²) in [7, 11) is 0. The minimum absolute atomic E-state index is 0.234. The zero-order valence-corrected chi connectivity index (χ0v) is 14.0. The molecule has 2 rings (SSSR count). The van der Waals surface area contributed by atoms with Gasteiger partial charge in [0.25, 0.3) is 5.91 Å². The summed E-state index contributed by atoms with van der Waals surface area (Å²) in [5, 5.41) is 2.75. The third-order valence-corrected chi connectivity index (χ3v) is 3.60. The van der Waals surface area contributed by atoms with E-state index in [0.717, 1.165) is 5.56 Å². The minimum Gasteiger partial charge on any atom is -0.481 e. The second-order valence-corrected chi connectivity index (χ2v) is 5.89. The molecule has 0 saturated carbocycles. The number of pyridine rings is 1. The fourth-order valence-electron chi connectivity index (χ4n) is 2.35.